The summed E-state index contributed by atoms with van der Waals surface area (Å²) in [6.45, 7) is 4.48. The number of hydrogen-bond acceptors (Lipinski definition) is 1. The van der Waals surface area contributed by atoms with Gasteiger partial charge in [0.2, 0.25) is 0 Å². The van der Waals surface area contributed by atoms with Crippen LogP contribution >= 0.6 is 11.8 Å². The zero-order chi connectivity index (χ0) is 25.2. The Balaban J connectivity index is 1.44. The molecular weight excluding hydrogens is 480 g/mol. The van der Waals surface area contributed by atoms with Gasteiger partial charge in [-0.15, -0.1) is 0 Å². The zero-order valence-electron chi connectivity index (χ0n) is 20.6. The molecule has 7 aromatic rings. The van der Waals surface area contributed by atoms with Crippen LogP contribution in [0.4, 0.5) is 0 Å². The number of aromatic nitrogens is 2. The Labute approximate surface area is 224 Å². The Morgan fingerprint density at radius 1 is 0.816 bits per heavy atom. The van der Waals surface area contributed by atoms with Crippen LogP contribution in [0.3, 0.4) is 0 Å². The number of H-pyrrole nitrogens is 1. The van der Waals surface area contributed by atoms with Crippen LogP contribution < -0.4 is 10.6 Å². The number of thioether (sulfide) groups is 1. The van der Waals surface area contributed by atoms with Gasteiger partial charge in [0.05, 0.1) is 21.3 Å². The van der Waals surface area contributed by atoms with Gasteiger partial charge in [-0.1, -0.05) is 97.2 Å². The van der Waals surface area contributed by atoms with E-state index in [1.54, 1.807) is 11.8 Å². The minimum Gasteiger partial charge on any atom is -0.348 e. The minimum atomic E-state index is 0.797. The molecule has 0 spiro atoms. The molecular formula is C35H22N2S. The highest BCUT2D eigenvalue weighted by atomic mass is 32.2. The molecule has 0 unspecified atom stereocenters. The van der Waals surface area contributed by atoms with E-state index in [4.69, 9.17) is 0 Å². The molecule has 5 aromatic carbocycles. The van der Waals surface area contributed by atoms with Crippen molar-refractivity contribution in [1.82, 2.24) is 9.55 Å². The number of nitrogens with zero attached hydrogens (tertiary/aromatic N) is 1. The van der Waals surface area contributed by atoms with E-state index >= 15 is 0 Å². The number of allylic oxidation sites excluding steroid dienone is 1. The van der Waals surface area contributed by atoms with Gasteiger partial charge in [-0.2, -0.15) is 0 Å². The van der Waals surface area contributed by atoms with Crippen LogP contribution in [0.25, 0.3) is 61.3 Å². The summed E-state index contributed by atoms with van der Waals surface area (Å²) in [4.78, 5) is 5.61. The van der Waals surface area contributed by atoms with E-state index in [0.29, 0.717) is 0 Å². The van der Waals surface area contributed by atoms with Crippen molar-refractivity contribution in [3.05, 3.63) is 131 Å². The van der Waals surface area contributed by atoms with Crippen LogP contribution in [0.1, 0.15) is 5.56 Å². The highest BCUT2D eigenvalue weighted by Gasteiger charge is 2.16. The summed E-state index contributed by atoms with van der Waals surface area (Å²) in [5.74, 6) is 0. The number of fused-ring (bicyclic) bond motifs is 9. The van der Waals surface area contributed by atoms with Crippen LogP contribution in [0.5, 0.6) is 0 Å². The van der Waals surface area contributed by atoms with Gasteiger partial charge in [0.1, 0.15) is 0 Å². The third-order valence-corrected chi connectivity index (χ3v) is 8.50. The van der Waals surface area contributed by atoms with E-state index in [1.165, 1.54) is 43.2 Å². The van der Waals surface area contributed by atoms with Crippen molar-refractivity contribution in [2.24, 2.45) is 0 Å². The van der Waals surface area contributed by atoms with Crippen molar-refractivity contribution >= 4 is 67.4 Å². The maximum Gasteiger partial charge on any atom is 0.0985 e. The van der Waals surface area contributed by atoms with Gasteiger partial charge in [-0.25, -0.2) is 0 Å². The van der Waals surface area contributed by atoms with Crippen molar-refractivity contribution < 1.29 is 0 Å². The fourth-order valence-corrected chi connectivity index (χ4v) is 6.74. The molecule has 0 radical (unpaired) electrons. The molecule has 0 aliphatic carbocycles. The smallest absolute Gasteiger partial charge is 0.0985 e. The van der Waals surface area contributed by atoms with Gasteiger partial charge < -0.3 is 9.55 Å². The first-order chi connectivity index (χ1) is 18.7. The second-order valence-electron chi connectivity index (χ2n) is 9.78. The summed E-state index contributed by atoms with van der Waals surface area (Å²) in [5.41, 5.74) is 5.76. The van der Waals surface area contributed by atoms with Gasteiger partial charge in [-0.05, 0) is 59.2 Å². The SMILES string of the molecule is C=C1/C=c2\c(c3ccccc3n2-c2ccc3ccccc3c2)=C/Cc2c(c#cc3[nH]c4ccccc4c23)S1. The van der Waals surface area contributed by atoms with E-state index < -0.39 is 0 Å². The summed E-state index contributed by atoms with van der Waals surface area (Å²) in [6.07, 6.45) is 5.42. The first-order valence-electron chi connectivity index (χ1n) is 12.8. The lowest BCUT2D eigenvalue weighted by Crippen LogP contribution is -2.28. The van der Waals surface area contributed by atoms with Crippen molar-refractivity contribution in [1.29, 1.82) is 0 Å². The lowest BCUT2D eigenvalue weighted by molar-refractivity contribution is 1.07. The Hall–Kier alpha value is -4.65. The first kappa shape index (κ1) is 21.4. The molecule has 0 saturated carbocycles. The van der Waals surface area contributed by atoms with E-state index in [1.807, 2.05) is 0 Å². The Morgan fingerprint density at radius 2 is 1.61 bits per heavy atom. The summed E-state index contributed by atoms with van der Waals surface area (Å²) in [6, 6.07) is 39.3. The number of nitrogens with one attached hydrogen (secondary N) is 1. The standard InChI is InChI=1S/C35H22N2S/c1-22-20-33-27(16-17-29-34(38-22)19-18-31-35(29)28-11-4-6-12-30(28)36-31)26-10-5-7-13-32(26)37(33)25-15-14-23-8-2-3-9-24(23)21-25/h2-16,20-21,36H,1,17H2/b27-16-,33-20+. The quantitative estimate of drug-likeness (QED) is 0.247. The normalized spacial score (nSPS) is 15.1. The molecule has 2 nitrogen and oxygen atoms in total. The molecule has 0 saturated heterocycles. The molecule has 38 heavy (non-hydrogen) atoms. The fourth-order valence-electron chi connectivity index (χ4n) is 5.89. The van der Waals surface area contributed by atoms with Crippen LogP contribution in [-0.2, 0) is 6.42 Å². The molecule has 8 rings (SSSR count). The van der Waals surface area contributed by atoms with Gasteiger partial charge in [0.15, 0.2) is 0 Å². The molecule has 178 valence electrons. The van der Waals surface area contributed by atoms with Gasteiger partial charge in [-0.3, -0.25) is 0 Å². The molecule has 3 heteroatoms. The second kappa shape index (κ2) is 8.18. The molecule has 0 bridgehead atoms. The van der Waals surface area contributed by atoms with Gasteiger partial charge in [0.25, 0.3) is 0 Å². The first-order valence-corrected chi connectivity index (χ1v) is 13.6. The maximum absolute atomic E-state index is 4.48. The van der Waals surface area contributed by atoms with E-state index in [-0.39, 0.29) is 0 Å². The molecule has 1 aliphatic rings. The molecule has 0 amide bonds. The maximum atomic E-state index is 4.48. The molecule has 0 fully saturated rings. The average molecular weight is 503 g/mol. The summed E-state index contributed by atoms with van der Waals surface area (Å²) < 4.78 is 2.38. The van der Waals surface area contributed by atoms with E-state index in [0.717, 1.165) is 38.3 Å². The summed E-state index contributed by atoms with van der Waals surface area (Å²) in [5, 5.41) is 8.58. The topological polar surface area (TPSA) is 20.7 Å². The van der Waals surface area contributed by atoms with Gasteiger partial charge in [0, 0.05) is 37.5 Å². The Kier molecular flexibility index (Phi) is 4.61. The van der Waals surface area contributed by atoms with E-state index in [9.17, 15) is 0 Å². The Morgan fingerprint density at radius 3 is 2.53 bits per heavy atom. The highest BCUT2D eigenvalue weighted by molar-refractivity contribution is 8.03. The number of rotatable bonds is 1. The largest absolute Gasteiger partial charge is 0.348 e. The number of benzene rings is 4. The molecule has 1 aliphatic heterocycles. The van der Waals surface area contributed by atoms with E-state index in [2.05, 4.69) is 131 Å². The number of hydrogen-bond donors (Lipinski definition) is 1. The lowest BCUT2D eigenvalue weighted by Gasteiger charge is -2.09. The monoisotopic (exact) mass is 502 g/mol. The van der Waals surface area contributed by atoms with Crippen LogP contribution in [0.2, 0.25) is 0 Å². The average Bonchev–Trinajstić information content (AvgIpc) is 3.48. The van der Waals surface area contributed by atoms with Gasteiger partial charge >= 0.3 is 0 Å². The predicted octanol–water partition coefficient (Wildman–Crippen LogP) is 7.44. The lowest BCUT2D eigenvalue weighted by atomic mass is 10.0. The van der Waals surface area contributed by atoms with Crippen LogP contribution in [0, 0.1) is 12.1 Å². The van der Waals surface area contributed by atoms with Crippen LogP contribution in [-0.4, -0.2) is 9.55 Å². The van der Waals surface area contributed by atoms with Crippen molar-refractivity contribution in [3.8, 4) is 5.69 Å². The van der Waals surface area contributed by atoms with Crippen molar-refractivity contribution in [2.75, 3.05) is 0 Å². The third kappa shape index (κ3) is 3.18. The molecule has 0 atom stereocenters. The minimum absolute atomic E-state index is 0.797. The molecule has 2 aromatic heterocycles. The third-order valence-electron chi connectivity index (χ3n) is 7.57. The molecule has 3 heterocycles. The highest BCUT2D eigenvalue weighted by Crippen LogP contribution is 2.36. The van der Waals surface area contributed by atoms with Crippen molar-refractivity contribution in [3.63, 3.8) is 0 Å². The summed E-state index contributed by atoms with van der Waals surface area (Å²) in [7, 11) is 0. The second-order valence-corrected chi connectivity index (χ2v) is 10.9. The fraction of sp³-hybridized carbons (Fsp3) is 0.0286. The Bertz CT molecular complexity index is 2210. The summed E-state index contributed by atoms with van der Waals surface area (Å²) >= 11 is 1.68. The van der Waals surface area contributed by atoms with Crippen LogP contribution in [0.15, 0.2) is 107 Å². The number of para-hydroxylation sites is 2. The molecule has 1 N–H and O–H groups in total. The predicted molar refractivity (Wildman–Crippen MR) is 161 cm³/mol. The van der Waals surface area contributed by atoms with Crippen molar-refractivity contribution in [2.45, 2.75) is 11.3 Å². The number of aromatic amines is 1. The zero-order valence-corrected chi connectivity index (χ0v) is 21.4.